The lowest BCUT2D eigenvalue weighted by molar-refractivity contribution is -0.115. The number of carbonyl (C=O) groups excluding carboxylic acids is 1. The average Bonchev–Trinajstić information content (AvgIpc) is 3.60. The molecule has 236 valence electrons. The number of aliphatic hydroxyl groups excluding tert-OH is 4. The lowest BCUT2D eigenvalue weighted by atomic mass is 10.1. The maximum atomic E-state index is 12.4. The number of primary amides is 1. The molecule has 0 aromatic carbocycles. The van der Waals surface area contributed by atoms with E-state index in [1.54, 1.807) is 6.08 Å². The second kappa shape index (κ2) is 12.4. The lowest BCUT2D eigenvalue weighted by Crippen LogP contribution is -2.40. The third-order valence-electron chi connectivity index (χ3n) is 6.73. The summed E-state index contributed by atoms with van der Waals surface area (Å²) in [7, 11) is -10.7. The number of aromatic nitrogens is 4. The number of carbonyl (C=O) groups is 1. The molecule has 0 saturated carbocycles. The quantitative estimate of drug-likeness (QED) is 0.126. The topological polar surface area (TPSA) is 292 Å². The molecule has 8 N–H and O–H groups in total. The molecule has 0 spiro atoms. The van der Waals surface area contributed by atoms with Gasteiger partial charge in [-0.25, -0.2) is 24.1 Å². The van der Waals surface area contributed by atoms with Gasteiger partial charge in [0.05, 0.1) is 25.7 Å². The van der Waals surface area contributed by atoms with Crippen LogP contribution in [-0.2, 0) is 36.8 Å². The number of aliphatic hydroxyl groups is 4. The van der Waals surface area contributed by atoms with Gasteiger partial charge in [0.1, 0.15) is 48.5 Å². The van der Waals surface area contributed by atoms with Crippen molar-refractivity contribution in [2.75, 3.05) is 13.2 Å². The first-order valence-electron chi connectivity index (χ1n) is 12.5. The molecular weight excluding hydrogens is 622 g/mol. The summed E-state index contributed by atoms with van der Waals surface area (Å²) in [5.41, 5.74) is 6.12. The van der Waals surface area contributed by atoms with E-state index >= 15 is 0 Å². The summed E-state index contributed by atoms with van der Waals surface area (Å²) in [4.78, 5) is 44.7. The van der Waals surface area contributed by atoms with Crippen LogP contribution in [0.3, 0.4) is 0 Å². The van der Waals surface area contributed by atoms with Crippen LogP contribution in [0, 0.1) is 0 Å². The van der Waals surface area contributed by atoms with E-state index in [0.717, 1.165) is 0 Å². The molecule has 2 unspecified atom stereocenters. The molecule has 1 amide bonds. The first kappa shape index (κ1) is 31.7. The number of ether oxygens (including phenoxy) is 2. The molecular formula is C21H28N6O14P2. The highest BCUT2D eigenvalue weighted by molar-refractivity contribution is 7.61. The molecule has 2 saturated heterocycles. The fraction of sp³-hybridized carbons (Fsp3) is 0.524. The first-order chi connectivity index (χ1) is 20.3. The van der Waals surface area contributed by atoms with Crippen molar-refractivity contribution < 1.29 is 67.0 Å². The maximum Gasteiger partial charge on any atom is 0.481 e. The second-order valence-electron chi connectivity index (χ2n) is 9.64. The number of imidazole rings is 1. The van der Waals surface area contributed by atoms with Crippen LogP contribution in [0.15, 0.2) is 42.9 Å². The van der Waals surface area contributed by atoms with Crippen molar-refractivity contribution in [3.63, 3.8) is 0 Å². The third-order valence-corrected chi connectivity index (χ3v) is 9.33. The summed E-state index contributed by atoms with van der Waals surface area (Å²) in [6.45, 7) is -1.75. The number of phosphoric acid groups is 2. The number of hydrogen-bond acceptors (Lipinski definition) is 16. The van der Waals surface area contributed by atoms with Gasteiger partial charge in [-0.1, -0.05) is 6.08 Å². The molecule has 20 nitrogen and oxygen atoms in total. The van der Waals surface area contributed by atoms with Gasteiger partial charge in [0.2, 0.25) is 5.91 Å². The third kappa shape index (κ3) is 6.86. The number of rotatable bonds is 11. The molecule has 3 aliphatic rings. The van der Waals surface area contributed by atoms with Crippen molar-refractivity contribution in [1.82, 2.24) is 24.4 Å². The zero-order chi connectivity index (χ0) is 31.1. The first-order valence-corrected chi connectivity index (χ1v) is 15.5. The predicted octanol–water partition coefficient (Wildman–Crippen LogP) is -2.27. The highest BCUT2D eigenvalue weighted by atomic mass is 31.3. The Balaban J connectivity index is 1.14. The molecule has 43 heavy (non-hydrogen) atoms. The zero-order valence-corrected chi connectivity index (χ0v) is 23.7. The fourth-order valence-electron chi connectivity index (χ4n) is 4.59. The zero-order valence-electron chi connectivity index (χ0n) is 21.9. The van der Waals surface area contributed by atoms with E-state index in [1.165, 1.54) is 40.7 Å². The number of allylic oxidation sites excluding steroid dienone is 1. The summed E-state index contributed by atoms with van der Waals surface area (Å²) in [5, 5.41) is 41.6. The van der Waals surface area contributed by atoms with Crippen LogP contribution in [-0.4, -0.2) is 117 Å². The van der Waals surface area contributed by atoms with E-state index in [2.05, 4.69) is 19.3 Å². The number of nitrogens with zero attached hydrogens (tertiary/aromatic N) is 5. The number of fused-ring (bicyclic) bond motifs is 1. The van der Waals surface area contributed by atoms with Gasteiger partial charge in [-0.2, -0.15) is 4.31 Å². The van der Waals surface area contributed by atoms with Crippen molar-refractivity contribution >= 4 is 32.7 Å². The Morgan fingerprint density at radius 3 is 2.21 bits per heavy atom. The minimum absolute atomic E-state index is 0.199. The summed E-state index contributed by atoms with van der Waals surface area (Å²) >= 11 is 0. The Bertz CT molecular complexity index is 1510. The summed E-state index contributed by atoms with van der Waals surface area (Å²) < 4.78 is 50.8. The highest BCUT2D eigenvalue weighted by Gasteiger charge is 2.48. The van der Waals surface area contributed by atoms with Crippen molar-refractivity contribution in [3.8, 4) is 0 Å². The Morgan fingerprint density at radius 1 is 0.977 bits per heavy atom. The molecule has 2 aromatic heterocycles. The SMILES string of the molecule is NC(=O)C1=CN([C@@H]2O[C@H](COP(=O)(O)OP(=O)(O)OC[C@H]3O[C@@H](n4cnc5cncnc54)[C@H](O)[C@@H]3O)[C@@H](O)[C@H]2O)C=CC1. The van der Waals surface area contributed by atoms with Gasteiger partial charge in [0.25, 0.3) is 0 Å². The standard InChI is InChI=1S/C21H28N6O14P2/c22-18(32)10-2-1-3-26(5-10)20-16(30)14(28)12(39-20)6-37-42(33,34)41-43(35,36)38-7-13-15(29)17(31)21(40-13)27-9-25-11-4-23-8-24-19(11)27/h1,3-5,8-9,12-17,20-21,28-31H,2,6-7H2,(H2,22,32)(H,33,34)(H,35,36)/t12-,13-,14-,15-,16-,17-,20-,21-/m1/s1. The molecule has 0 bridgehead atoms. The van der Waals surface area contributed by atoms with E-state index < -0.39 is 83.8 Å². The molecule has 5 rings (SSSR count). The van der Waals surface area contributed by atoms with E-state index in [9.17, 15) is 44.1 Å². The molecule has 22 heteroatoms. The molecule has 5 heterocycles. The van der Waals surface area contributed by atoms with E-state index in [1.807, 2.05) is 0 Å². The van der Waals surface area contributed by atoms with Gasteiger partial charge in [-0.3, -0.25) is 18.4 Å². The predicted molar refractivity (Wildman–Crippen MR) is 137 cm³/mol. The largest absolute Gasteiger partial charge is 0.481 e. The van der Waals surface area contributed by atoms with Gasteiger partial charge in [0, 0.05) is 18.0 Å². The molecule has 2 fully saturated rings. The van der Waals surface area contributed by atoms with Crippen LogP contribution in [0.1, 0.15) is 12.6 Å². The Hall–Kier alpha value is -2.68. The number of hydrogen-bond donors (Lipinski definition) is 7. The van der Waals surface area contributed by atoms with Crippen LogP contribution in [0.25, 0.3) is 11.2 Å². The van der Waals surface area contributed by atoms with E-state index in [-0.39, 0.29) is 17.6 Å². The van der Waals surface area contributed by atoms with Crippen molar-refractivity contribution in [2.24, 2.45) is 5.73 Å². The Labute approximate surface area is 241 Å². The number of nitrogens with two attached hydrogens (primary N) is 1. The van der Waals surface area contributed by atoms with Gasteiger partial charge < -0.3 is 50.3 Å². The second-order valence-corrected chi connectivity index (χ2v) is 12.7. The van der Waals surface area contributed by atoms with Crippen LogP contribution in [0.4, 0.5) is 0 Å². The van der Waals surface area contributed by atoms with Crippen LogP contribution >= 0.6 is 15.6 Å². The van der Waals surface area contributed by atoms with Gasteiger partial charge in [0.15, 0.2) is 18.1 Å². The molecule has 10 atom stereocenters. The van der Waals surface area contributed by atoms with Gasteiger partial charge in [-0.05, 0) is 6.42 Å². The molecule has 2 aromatic rings. The smallest absolute Gasteiger partial charge is 0.387 e. The van der Waals surface area contributed by atoms with E-state index in [0.29, 0.717) is 5.52 Å². The summed E-state index contributed by atoms with van der Waals surface area (Å²) in [5.74, 6) is -0.705. The average molecular weight is 650 g/mol. The van der Waals surface area contributed by atoms with Crippen molar-refractivity contribution in [3.05, 3.63) is 42.9 Å². The summed E-state index contributed by atoms with van der Waals surface area (Å²) in [6, 6.07) is 0. The van der Waals surface area contributed by atoms with Crippen molar-refractivity contribution in [2.45, 2.75) is 55.5 Å². The fourth-order valence-corrected chi connectivity index (χ4v) is 6.68. The minimum atomic E-state index is -5.35. The van der Waals surface area contributed by atoms with Crippen LogP contribution < -0.4 is 5.73 Å². The van der Waals surface area contributed by atoms with Crippen LogP contribution in [0.5, 0.6) is 0 Å². The monoisotopic (exact) mass is 650 g/mol. The number of amides is 1. The Kier molecular flexibility index (Phi) is 9.13. The normalized spacial score (nSPS) is 33.8. The highest BCUT2D eigenvalue weighted by Crippen LogP contribution is 2.60. The Morgan fingerprint density at radius 2 is 1.58 bits per heavy atom. The molecule has 0 aliphatic carbocycles. The maximum absolute atomic E-state index is 12.4. The summed E-state index contributed by atoms with van der Waals surface area (Å²) in [6.07, 6.45) is -3.10. The van der Waals surface area contributed by atoms with Crippen molar-refractivity contribution in [1.29, 1.82) is 0 Å². The van der Waals surface area contributed by atoms with Gasteiger partial charge in [-0.15, -0.1) is 0 Å². The lowest BCUT2D eigenvalue weighted by Gasteiger charge is -2.28. The van der Waals surface area contributed by atoms with Gasteiger partial charge >= 0.3 is 15.6 Å². The molecule has 3 aliphatic heterocycles. The van der Waals surface area contributed by atoms with E-state index in [4.69, 9.17) is 24.3 Å². The molecule has 0 radical (unpaired) electrons. The number of phosphoric ester groups is 2. The van der Waals surface area contributed by atoms with Crippen LogP contribution in [0.2, 0.25) is 0 Å². The minimum Gasteiger partial charge on any atom is -0.387 e.